The number of carbonyl (C=O) groups is 1. The predicted molar refractivity (Wildman–Crippen MR) is 100.0 cm³/mol. The molecular weight excluding hydrogens is 324 g/mol. The second-order valence-corrected chi connectivity index (χ2v) is 7.73. The van der Waals surface area contributed by atoms with Gasteiger partial charge in [-0.3, -0.25) is 4.79 Å². The minimum Gasteiger partial charge on any atom is -0.352 e. The molecule has 1 atom stereocenters. The maximum Gasteiger partial charge on any atom is 0.243 e. The lowest BCUT2D eigenvalue weighted by Gasteiger charge is -2.38. The Morgan fingerprint density at radius 1 is 1.08 bits per heavy atom. The van der Waals surface area contributed by atoms with Gasteiger partial charge in [-0.05, 0) is 49.7 Å². The zero-order valence-corrected chi connectivity index (χ0v) is 14.9. The molecule has 1 amide bonds. The van der Waals surface area contributed by atoms with E-state index in [2.05, 4.69) is 44.5 Å². The number of nitrogens with zero attached hydrogens (tertiary/aromatic N) is 3. The van der Waals surface area contributed by atoms with Gasteiger partial charge >= 0.3 is 0 Å². The minimum absolute atomic E-state index is 0.144. The summed E-state index contributed by atoms with van der Waals surface area (Å²) in [4.78, 5) is 24.4. The highest BCUT2D eigenvalue weighted by Gasteiger charge is 2.36. The number of aromatic nitrogens is 2. The van der Waals surface area contributed by atoms with Crippen LogP contribution in [0.25, 0.3) is 0 Å². The van der Waals surface area contributed by atoms with E-state index in [0.717, 1.165) is 44.5 Å². The van der Waals surface area contributed by atoms with Crippen molar-refractivity contribution in [1.82, 2.24) is 15.3 Å². The number of hydrogen-bond acceptors (Lipinski definition) is 4. The molecule has 0 bridgehead atoms. The molecule has 2 aliphatic carbocycles. The number of benzene rings is 1. The van der Waals surface area contributed by atoms with E-state index >= 15 is 0 Å². The number of carbonyl (C=O) groups excluding carboxylic acids is 1. The van der Waals surface area contributed by atoms with Crippen LogP contribution in [-0.4, -0.2) is 28.0 Å². The van der Waals surface area contributed by atoms with E-state index in [1.165, 1.54) is 35.2 Å². The summed E-state index contributed by atoms with van der Waals surface area (Å²) in [6.07, 6.45) is 9.04. The van der Waals surface area contributed by atoms with Crippen molar-refractivity contribution in [2.45, 2.75) is 63.6 Å². The maximum absolute atomic E-state index is 13.0. The number of fused-ring (bicyclic) bond motifs is 2. The minimum atomic E-state index is -0.188. The van der Waals surface area contributed by atoms with Crippen molar-refractivity contribution in [2.24, 2.45) is 0 Å². The largest absolute Gasteiger partial charge is 0.352 e. The van der Waals surface area contributed by atoms with Gasteiger partial charge in [-0.2, -0.15) is 0 Å². The normalized spacial score (nSPS) is 21.7. The van der Waals surface area contributed by atoms with Gasteiger partial charge in [-0.25, -0.2) is 9.97 Å². The highest BCUT2D eigenvalue weighted by Crippen LogP contribution is 2.33. The van der Waals surface area contributed by atoms with Crippen molar-refractivity contribution in [1.29, 1.82) is 0 Å². The second-order valence-electron chi connectivity index (χ2n) is 7.73. The summed E-state index contributed by atoms with van der Waals surface area (Å²) in [5, 5.41) is 3.21. The van der Waals surface area contributed by atoms with E-state index in [9.17, 15) is 4.79 Å². The van der Waals surface area contributed by atoms with Gasteiger partial charge in [0.1, 0.15) is 18.2 Å². The average Bonchev–Trinajstić information content (AvgIpc) is 3.50. The van der Waals surface area contributed by atoms with Crippen LogP contribution in [0.4, 0.5) is 5.82 Å². The van der Waals surface area contributed by atoms with Gasteiger partial charge in [0, 0.05) is 30.3 Å². The summed E-state index contributed by atoms with van der Waals surface area (Å²) in [7, 11) is 0. The van der Waals surface area contributed by atoms with E-state index in [0.29, 0.717) is 6.04 Å². The summed E-state index contributed by atoms with van der Waals surface area (Å²) in [5.41, 5.74) is 5.00. The van der Waals surface area contributed by atoms with Crippen LogP contribution in [0, 0.1) is 0 Å². The van der Waals surface area contributed by atoms with Crippen LogP contribution in [0.2, 0.25) is 0 Å². The summed E-state index contributed by atoms with van der Waals surface area (Å²) in [5.74, 6) is 1.12. The highest BCUT2D eigenvalue weighted by atomic mass is 16.2. The first-order valence-electron chi connectivity index (χ1n) is 9.76. The Balaban J connectivity index is 1.54. The Bertz CT molecular complexity index is 846. The van der Waals surface area contributed by atoms with Crippen molar-refractivity contribution in [3.8, 4) is 0 Å². The monoisotopic (exact) mass is 348 g/mol. The molecule has 134 valence electrons. The smallest absolute Gasteiger partial charge is 0.243 e. The fourth-order valence-electron chi connectivity index (χ4n) is 4.26. The number of anilines is 1. The van der Waals surface area contributed by atoms with Crippen molar-refractivity contribution < 1.29 is 4.79 Å². The van der Waals surface area contributed by atoms with Gasteiger partial charge in [0.05, 0.1) is 0 Å². The first-order valence-corrected chi connectivity index (χ1v) is 9.76. The second kappa shape index (κ2) is 6.38. The van der Waals surface area contributed by atoms with E-state index in [4.69, 9.17) is 0 Å². The van der Waals surface area contributed by atoms with E-state index in [1.54, 1.807) is 6.33 Å². The van der Waals surface area contributed by atoms with Crippen LogP contribution in [0.1, 0.15) is 48.1 Å². The molecular formula is C21H24N4O. The molecule has 1 fully saturated rings. The zero-order chi connectivity index (χ0) is 17.5. The lowest BCUT2D eigenvalue weighted by molar-refractivity contribution is -0.122. The summed E-state index contributed by atoms with van der Waals surface area (Å²) in [6.45, 7) is 0.738. The topological polar surface area (TPSA) is 58.1 Å². The number of nitrogens with one attached hydrogen (secondary N) is 1. The van der Waals surface area contributed by atoms with Crippen molar-refractivity contribution in [3.05, 3.63) is 53.0 Å². The fraction of sp³-hybridized carbons (Fsp3) is 0.476. The van der Waals surface area contributed by atoms with Crippen LogP contribution in [-0.2, 0) is 30.6 Å². The van der Waals surface area contributed by atoms with Gasteiger partial charge < -0.3 is 10.2 Å². The molecule has 5 rings (SSSR count). The Morgan fingerprint density at radius 3 is 2.73 bits per heavy atom. The van der Waals surface area contributed by atoms with E-state index in [-0.39, 0.29) is 11.9 Å². The fourth-order valence-corrected chi connectivity index (χ4v) is 4.26. The molecule has 1 aromatic carbocycles. The molecule has 0 radical (unpaired) electrons. The molecule has 2 heterocycles. The van der Waals surface area contributed by atoms with Crippen molar-refractivity contribution >= 4 is 11.7 Å². The quantitative estimate of drug-likeness (QED) is 0.926. The molecule has 1 N–H and O–H groups in total. The first kappa shape index (κ1) is 15.8. The van der Waals surface area contributed by atoms with Gasteiger partial charge in [0.2, 0.25) is 5.91 Å². The lowest BCUT2D eigenvalue weighted by atomic mass is 9.91. The molecule has 2 aromatic rings. The summed E-state index contributed by atoms with van der Waals surface area (Å²) < 4.78 is 0. The van der Waals surface area contributed by atoms with Crippen LogP contribution in [0.15, 0.2) is 30.6 Å². The van der Waals surface area contributed by atoms with Gasteiger partial charge in [-0.15, -0.1) is 0 Å². The molecule has 1 saturated carbocycles. The Kier molecular flexibility index (Phi) is 3.88. The first-order chi connectivity index (χ1) is 12.8. The third-order valence-corrected chi connectivity index (χ3v) is 5.85. The molecule has 1 aliphatic heterocycles. The Morgan fingerprint density at radius 2 is 1.88 bits per heavy atom. The number of hydrogen-bond donors (Lipinski definition) is 1. The molecule has 26 heavy (non-hydrogen) atoms. The third-order valence-electron chi connectivity index (χ3n) is 5.85. The Hall–Kier alpha value is -2.43. The molecule has 0 saturated heterocycles. The number of amides is 1. The number of rotatable bonds is 3. The van der Waals surface area contributed by atoms with Crippen LogP contribution in [0.3, 0.4) is 0 Å². The highest BCUT2D eigenvalue weighted by molar-refractivity contribution is 5.86. The summed E-state index contributed by atoms with van der Waals surface area (Å²) >= 11 is 0. The van der Waals surface area contributed by atoms with Crippen LogP contribution >= 0.6 is 0 Å². The summed E-state index contributed by atoms with van der Waals surface area (Å²) in [6, 6.07) is 8.66. The standard InChI is InChI=1S/C21H24N4O/c26-21(24-16-9-10-16)19-11-14-5-1-2-6-15(14)12-25(19)20-17-7-3-4-8-18(17)22-13-23-20/h1-2,5-6,13,16,19H,3-4,7-12H2,(H,24,26)/t19-/m0/s1. The van der Waals surface area contributed by atoms with Gasteiger partial charge in [0.25, 0.3) is 0 Å². The van der Waals surface area contributed by atoms with Crippen LogP contribution in [0.5, 0.6) is 0 Å². The van der Waals surface area contributed by atoms with Crippen LogP contribution < -0.4 is 10.2 Å². The molecule has 0 spiro atoms. The molecule has 5 heteroatoms. The average molecular weight is 348 g/mol. The lowest BCUT2D eigenvalue weighted by Crippen LogP contribution is -2.51. The molecule has 1 aromatic heterocycles. The van der Waals surface area contributed by atoms with Crippen molar-refractivity contribution in [2.75, 3.05) is 4.90 Å². The maximum atomic E-state index is 13.0. The molecule has 5 nitrogen and oxygen atoms in total. The van der Waals surface area contributed by atoms with Gasteiger partial charge in [0.15, 0.2) is 0 Å². The predicted octanol–water partition coefficient (Wildman–Crippen LogP) is 2.57. The van der Waals surface area contributed by atoms with Gasteiger partial charge in [-0.1, -0.05) is 24.3 Å². The molecule has 3 aliphatic rings. The molecule has 0 unspecified atom stereocenters. The van der Waals surface area contributed by atoms with E-state index in [1.807, 2.05) is 0 Å². The SMILES string of the molecule is O=C(NC1CC1)[C@@H]1Cc2ccccc2CN1c1ncnc2c1CCCC2. The zero-order valence-electron chi connectivity index (χ0n) is 14.9. The van der Waals surface area contributed by atoms with Crippen molar-refractivity contribution in [3.63, 3.8) is 0 Å². The number of aryl methyl sites for hydroxylation is 1. The third kappa shape index (κ3) is 2.85. The Labute approximate surface area is 153 Å². The van der Waals surface area contributed by atoms with E-state index < -0.39 is 0 Å².